The second-order valence-electron chi connectivity index (χ2n) is 12.4. The molecular formula is C40H48N6O6. The summed E-state index contributed by atoms with van der Waals surface area (Å²) in [5.74, 6) is -1.65. The Morgan fingerprint density at radius 1 is 0.962 bits per heavy atom. The maximum Gasteiger partial charge on any atom is 0.322 e. The number of nitrogens with zero attached hydrogens (tertiary/aromatic N) is 2. The normalized spacial score (nSPS) is 15.9. The molecule has 0 aliphatic carbocycles. The maximum absolute atomic E-state index is 14.5. The highest BCUT2D eigenvalue weighted by atomic mass is 16.4. The Balaban J connectivity index is 1.71. The molecule has 6 N–H and O–H groups in total. The van der Waals surface area contributed by atoms with Crippen LogP contribution in [-0.4, -0.2) is 82.2 Å². The Morgan fingerprint density at radius 2 is 1.73 bits per heavy atom. The fraction of sp³-hybridized carbons (Fsp3) is 0.300. The van der Waals surface area contributed by atoms with E-state index in [1.54, 1.807) is 35.2 Å². The van der Waals surface area contributed by atoms with Crippen LogP contribution in [0, 0.1) is 0 Å². The highest BCUT2D eigenvalue weighted by Gasteiger charge is 2.43. The van der Waals surface area contributed by atoms with Crippen molar-refractivity contribution in [1.82, 2.24) is 25.8 Å². The van der Waals surface area contributed by atoms with Gasteiger partial charge in [-0.3, -0.25) is 14.4 Å². The van der Waals surface area contributed by atoms with Crippen molar-refractivity contribution in [3.63, 3.8) is 0 Å². The van der Waals surface area contributed by atoms with E-state index in [2.05, 4.69) is 34.8 Å². The number of aliphatic carboxylic acids is 1. The molecule has 2 atom stereocenters. The molecule has 0 spiro atoms. The molecule has 3 aromatic rings. The third kappa shape index (κ3) is 11.6. The Labute approximate surface area is 304 Å². The summed E-state index contributed by atoms with van der Waals surface area (Å²) < 4.78 is 0. The van der Waals surface area contributed by atoms with Crippen LogP contribution in [0.25, 0.3) is 6.08 Å². The summed E-state index contributed by atoms with van der Waals surface area (Å²) in [6, 6.07) is 19.8. The van der Waals surface area contributed by atoms with Crippen molar-refractivity contribution in [2.24, 2.45) is 0 Å². The summed E-state index contributed by atoms with van der Waals surface area (Å²) >= 11 is 0. The first-order valence-electron chi connectivity index (χ1n) is 17.4. The van der Waals surface area contributed by atoms with E-state index in [0.29, 0.717) is 23.4 Å². The molecule has 1 saturated heterocycles. The number of anilines is 1. The third-order valence-electron chi connectivity index (χ3n) is 8.43. The first-order valence-corrected chi connectivity index (χ1v) is 17.4. The Kier molecular flexibility index (Phi) is 15.0. The largest absolute Gasteiger partial charge is 0.508 e. The molecule has 0 saturated carbocycles. The Bertz CT molecular complexity index is 1730. The molecule has 274 valence electrons. The van der Waals surface area contributed by atoms with Gasteiger partial charge in [-0.1, -0.05) is 98.3 Å². The standard InChI is InChI=1S/C40H48N6O6/c1-3-5-6-7-11-16-33-31(15-12-17-34(33)42-26-38(49)50)27-45-28-36(44-40(52)43-24-30-13-9-8-10-14-30)46(37(48)25-41-22-4-2)35(39(45)51)23-29-18-20-32(47)21-19-29/h4,6-21,35-36,41-42,47H,2-3,5,22-28H2,1H3,(H,49,50)(H2,43,44,52)/b7-6+,16-11+/t35-,36+/m0/s1. The van der Waals surface area contributed by atoms with Crippen molar-refractivity contribution in [1.29, 1.82) is 0 Å². The number of amides is 4. The van der Waals surface area contributed by atoms with Crippen LogP contribution in [0.2, 0.25) is 0 Å². The predicted molar refractivity (Wildman–Crippen MR) is 202 cm³/mol. The average molecular weight is 709 g/mol. The summed E-state index contributed by atoms with van der Waals surface area (Å²) in [6.45, 7) is 6.13. The lowest BCUT2D eigenvalue weighted by molar-refractivity contribution is -0.157. The van der Waals surface area contributed by atoms with Crippen LogP contribution in [0.4, 0.5) is 10.5 Å². The van der Waals surface area contributed by atoms with Gasteiger partial charge in [0.1, 0.15) is 24.5 Å². The minimum Gasteiger partial charge on any atom is -0.508 e. The molecule has 4 amide bonds. The van der Waals surface area contributed by atoms with Gasteiger partial charge in [0.2, 0.25) is 11.8 Å². The number of unbranched alkanes of at least 4 members (excludes halogenated alkanes) is 1. The van der Waals surface area contributed by atoms with Crippen LogP contribution in [0.15, 0.2) is 104 Å². The van der Waals surface area contributed by atoms with E-state index in [1.165, 1.54) is 17.0 Å². The number of hydrogen-bond acceptors (Lipinski definition) is 7. The molecule has 1 aliphatic heterocycles. The van der Waals surface area contributed by atoms with Crippen LogP contribution in [0.5, 0.6) is 5.75 Å². The van der Waals surface area contributed by atoms with Crippen molar-refractivity contribution < 1.29 is 29.4 Å². The van der Waals surface area contributed by atoms with Gasteiger partial charge in [0.15, 0.2) is 0 Å². The van der Waals surface area contributed by atoms with E-state index in [-0.39, 0.29) is 56.7 Å². The number of phenols is 1. The first kappa shape index (κ1) is 38.9. The number of aromatic hydroxyl groups is 1. The van der Waals surface area contributed by atoms with Gasteiger partial charge in [0.25, 0.3) is 0 Å². The highest BCUT2D eigenvalue weighted by molar-refractivity contribution is 5.91. The molecule has 0 bridgehead atoms. The molecular weight excluding hydrogens is 660 g/mol. The van der Waals surface area contributed by atoms with E-state index >= 15 is 0 Å². The Morgan fingerprint density at radius 3 is 2.44 bits per heavy atom. The summed E-state index contributed by atoms with van der Waals surface area (Å²) in [6.07, 6.45) is 10.5. The van der Waals surface area contributed by atoms with Gasteiger partial charge in [-0.2, -0.15) is 0 Å². The van der Waals surface area contributed by atoms with Gasteiger partial charge in [0, 0.05) is 37.3 Å². The summed E-state index contributed by atoms with van der Waals surface area (Å²) in [7, 11) is 0. The molecule has 3 aromatic carbocycles. The predicted octanol–water partition coefficient (Wildman–Crippen LogP) is 4.64. The van der Waals surface area contributed by atoms with Crippen LogP contribution in [0.3, 0.4) is 0 Å². The van der Waals surface area contributed by atoms with E-state index in [0.717, 1.165) is 24.0 Å². The molecule has 52 heavy (non-hydrogen) atoms. The van der Waals surface area contributed by atoms with Crippen LogP contribution in [0.1, 0.15) is 42.0 Å². The van der Waals surface area contributed by atoms with E-state index in [9.17, 15) is 29.4 Å². The van der Waals surface area contributed by atoms with Gasteiger partial charge < -0.3 is 41.3 Å². The SMILES string of the molecule is C=CCNCC(=O)N1[C@@H](NC(=O)NCc2ccccc2)CN(Cc2cccc(NCC(=O)O)c2/C=C/C=C/CCC)C(=O)[C@@H]1Cc1ccc(O)cc1. The second-order valence-corrected chi connectivity index (χ2v) is 12.4. The van der Waals surface area contributed by atoms with E-state index in [1.807, 2.05) is 60.7 Å². The summed E-state index contributed by atoms with van der Waals surface area (Å²) in [5, 5.41) is 31.1. The quantitative estimate of drug-likeness (QED) is 0.0633. The van der Waals surface area contributed by atoms with Crippen LogP contribution in [-0.2, 0) is 33.9 Å². The molecule has 1 fully saturated rings. The summed E-state index contributed by atoms with van der Waals surface area (Å²) in [4.78, 5) is 56.3. The minimum absolute atomic E-state index is 0.0107. The van der Waals surface area contributed by atoms with Gasteiger partial charge >= 0.3 is 12.0 Å². The fourth-order valence-electron chi connectivity index (χ4n) is 5.90. The molecule has 12 nitrogen and oxygen atoms in total. The molecule has 1 heterocycles. The molecule has 1 aliphatic rings. The number of hydrogen-bond donors (Lipinski definition) is 6. The van der Waals surface area contributed by atoms with E-state index < -0.39 is 24.2 Å². The lowest BCUT2D eigenvalue weighted by atomic mass is 9.98. The first-order chi connectivity index (χ1) is 25.2. The number of benzene rings is 3. The second kappa shape index (κ2) is 20.1. The van der Waals surface area contributed by atoms with Gasteiger partial charge in [-0.15, -0.1) is 6.58 Å². The van der Waals surface area contributed by atoms with Crippen molar-refractivity contribution in [3.05, 3.63) is 126 Å². The van der Waals surface area contributed by atoms with Gasteiger partial charge in [0.05, 0.1) is 13.1 Å². The lowest BCUT2D eigenvalue weighted by Gasteiger charge is -2.46. The highest BCUT2D eigenvalue weighted by Crippen LogP contribution is 2.27. The lowest BCUT2D eigenvalue weighted by Crippen LogP contribution is -2.69. The number of carboxylic acids is 1. The number of allylic oxidation sites excluding steroid dienone is 3. The zero-order valence-electron chi connectivity index (χ0n) is 29.5. The summed E-state index contributed by atoms with van der Waals surface area (Å²) in [5.41, 5.74) is 3.65. The Hall–Kier alpha value is -5.88. The zero-order chi connectivity index (χ0) is 37.3. The van der Waals surface area contributed by atoms with Crippen LogP contribution >= 0.6 is 0 Å². The number of phenolic OH excluding ortho intramolecular Hbond substituents is 1. The van der Waals surface area contributed by atoms with Gasteiger partial charge in [-0.25, -0.2) is 4.79 Å². The molecule has 0 unspecified atom stereocenters. The number of carbonyl (C=O) groups is 4. The minimum atomic E-state index is -1.02. The van der Waals surface area contributed by atoms with Gasteiger partial charge in [-0.05, 0) is 41.3 Å². The topological polar surface area (TPSA) is 163 Å². The smallest absolute Gasteiger partial charge is 0.322 e. The number of urea groups is 1. The molecule has 12 heteroatoms. The maximum atomic E-state index is 14.5. The number of carbonyl (C=O) groups excluding carboxylic acids is 3. The number of carboxylic acid groups (broad SMARTS) is 1. The molecule has 0 aromatic heterocycles. The van der Waals surface area contributed by atoms with Crippen molar-refractivity contribution in [3.8, 4) is 5.75 Å². The third-order valence-corrected chi connectivity index (χ3v) is 8.43. The van der Waals surface area contributed by atoms with Crippen molar-refractivity contribution in [2.75, 3.05) is 31.5 Å². The monoisotopic (exact) mass is 708 g/mol. The zero-order valence-corrected chi connectivity index (χ0v) is 29.5. The number of rotatable bonds is 18. The fourth-order valence-corrected chi connectivity index (χ4v) is 5.90. The average Bonchev–Trinajstić information content (AvgIpc) is 3.13. The van der Waals surface area contributed by atoms with Crippen molar-refractivity contribution in [2.45, 2.75) is 51.5 Å². The van der Waals surface area contributed by atoms with E-state index in [4.69, 9.17) is 0 Å². The number of piperazine rings is 1. The molecule has 0 radical (unpaired) electrons. The molecule has 4 rings (SSSR count). The van der Waals surface area contributed by atoms with Crippen molar-refractivity contribution >= 4 is 35.6 Å². The van der Waals surface area contributed by atoms with Crippen LogP contribution < -0.4 is 21.3 Å². The number of nitrogens with one attached hydrogen (secondary N) is 4.